The molecule has 1 saturated heterocycles. The number of esters is 1. The standard InChI is InChI=1S/C20H32N2O4/c1-14(2)17(23)18(22-12-10-21-11-13-22)25-16-8-6-15(7-9-16)19(24)26-20(3,4)5/h6-9,14,17-18,21,23H,10-13H2,1-5H3. The summed E-state index contributed by atoms with van der Waals surface area (Å²) in [6, 6.07) is 6.89. The number of benzene rings is 1. The van der Waals surface area contributed by atoms with Crippen LogP contribution in [0.5, 0.6) is 5.75 Å². The van der Waals surface area contributed by atoms with Crippen molar-refractivity contribution in [2.45, 2.75) is 52.6 Å². The minimum Gasteiger partial charge on any atom is -0.472 e. The predicted molar refractivity (Wildman–Crippen MR) is 101 cm³/mol. The highest BCUT2D eigenvalue weighted by Crippen LogP contribution is 2.21. The highest BCUT2D eigenvalue weighted by Gasteiger charge is 2.31. The molecule has 146 valence electrons. The Hall–Kier alpha value is -1.63. The van der Waals surface area contributed by atoms with Crippen LogP contribution in [0.4, 0.5) is 0 Å². The summed E-state index contributed by atoms with van der Waals surface area (Å²) in [6.07, 6.45) is -1.01. The molecule has 0 saturated carbocycles. The van der Waals surface area contributed by atoms with Crippen molar-refractivity contribution in [3.8, 4) is 5.75 Å². The first-order valence-corrected chi connectivity index (χ1v) is 9.30. The van der Waals surface area contributed by atoms with Gasteiger partial charge in [0.2, 0.25) is 0 Å². The van der Waals surface area contributed by atoms with Crippen molar-refractivity contribution < 1.29 is 19.4 Å². The van der Waals surface area contributed by atoms with E-state index in [-0.39, 0.29) is 11.9 Å². The van der Waals surface area contributed by atoms with Crippen LogP contribution in [0, 0.1) is 5.92 Å². The summed E-state index contributed by atoms with van der Waals surface area (Å²) in [5.74, 6) is 0.349. The summed E-state index contributed by atoms with van der Waals surface area (Å²) in [5, 5.41) is 13.9. The Balaban J connectivity index is 2.09. The first-order chi connectivity index (χ1) is 12.2. The van der Waals surface area contributed by atoms with E-state index >= 15 is 0 Å². The molecule has 2 atom stereocenters. The minimum absolute atomic E-state index is 0.0796. The number of aliphatic hydroxyl groups excluding tert-OH is 1. The molecule has 1 aromatic rings. The molecule has 2 N–H and O–H groups in total. The molecule has 26 heavy (non-hydrogen) atoms. The summed E-state index contributed by atoms with van der Waals surface area (Å²) < 4.78 is 11.5. The smallest absolute Gasteiger partial charge is 0.338 e. The molecule has 2 rings (SSSR count). The van der Waals surface area contributed by atoms with Crippen molar-refractivity contribution in [2.24, 2.45) is 5.92 Å². The molecule has 2 unspecified atom stereocenters. The van der Waals surface area contributed by atoms with Crippen LogP contribution >= 0.6 is 0 Å². The number of nitrogens with one attached hydrogen (secondary N) is 1. The third-order valence-corrected chi connectivity index (χ3v) is 4.23. The number of carbonyl (C=O) groups excluding carboxylic acids is 1. The maximum atomic E-state index is 12.1. The number of ether oxygens (including phenoxy) is 2. The Morgan fingerprint density at radius 3 is 2.23 bits per heavy atom. The molecule has 6 heteroatoms. The molecule has 1 aromatic carbocycles. The van der Waals surface area contributed by atoms with Gasteiger partial charge < -0.3 is 19.9 Å². The first kappa shape index (κ1) is 20.7. The lowest BCUT2D eigenvalue weighted by Gasteiger charge is -2.38. The highest BCUT2D eigenvalue weighted by molar-refractivity contribution is 5.89. The molecule has 0 radical (unpaired) electrons. The van der Waals surface area contributed by atoms with Gasteiger partial charge in [-0.05, 0) is 51.0 Å². The summed E-state index contributed by atoms with van der Waals surface area (Å²) in [7, 11) is 0. The quantitative estimate of drug-likeness (QED) is 0.755. The molecular formula is C20H32N2O4. The number of nitrogens with zero attached hydrogens (tertiary/aromatic N) is 1. The number of rotatable bonds is 6. The molecule has 0 bridgehead atoms. The van der Waals surface area contributed by atoms with Crippen molar-refractivity contribution in [3.05, 3.63) is 29.8 Å². The van der Waals surface area contributed by atoms with Crippen molar-refractivity contribution in [1.29, 1.82) is 0 Å². The first-order valence-electron chi connectivity index (χ1n) is 9.30. The van der Waals surface area contributed by atoms with Crippen molar-refractivity contribution in [1.82, 2.24) is 10.2 Å². The van der Waals surface area contributed by atoms with Crippen LogP contribution in [0.3, 0.4) is 0 Å². The number of hydrogen-bond acceptors (Lipinski definition) is 6. The molecule has 1 aliphatic heterocycles. The van der Waals surface area contributed by atoms with Crippen molar-refractivity contribution in [3.63, 3.8) is 0 Å². The molecular weight excluding hydrogens is 332 g/mol. The average Bonchev–Trinajstić information content (AvgIpc) is 2.58. The van der Waals surface area contributed by atoms with Crippen LogP contribution in [0.2, 0.25) is 0 Å². The van der Waals surface area contributed by atoms with Crippen LogP contribution in [0.25, 0.3) is 0 Å². The summed E-state index contributed by atoms with van der Waals surface area (Å²) in [5.41, 5.74) is -0.0449. The van der Waals surface area contributed by atoms with Gasteiger partial charge in [0.25, 0.3) is 0 Å². The Kier molecular flexibility index (Phi) is 7.03. The summed E-state index contributed by atoms with van der Waals surface area (Å²) in [6.45, 7) is 12.9. The lowest BCUT2D eigenvalue weighted by atomic mass is 10.0. The number of aliphatic hydroxyl groups is 1. The van der Waals surface area contributed by atoms with E-state index < -0.39 is 17.9 Å². The molecule has 1 fully saturated rings. The fraction of sp³-hybridized carbons (Fsp3) is 0.650. The van der Waals surface area contributed by atoms with Gasteiger partial charge in [0, 0.05) is 26.2 Å². The molecule has 0 aliphatic carbocycles. The third kappa shape index (κ3) is 5.97. The van der Waals surface area contributed by atoms with Gasteiger partial charge in [-0.25, -0.2) is 4.79 Å². The third-order valence-electron chi connectivity index (χ3n) is 4.23. The van der Waals surface area contributed by atoms with Gasteiger partial charge in [0.1, 0.15) is 17.5 Å². The Morgan fingerprint density at radius 1 is 1.15 bits per heavy atom. The maximum Gasteiger partial charge on any atom is 0.338 e. The normalized spacial score (nSPS) is 18.4. The lowest BCUT2D eigenvalue weighted by molar-refractivity contribution is -0.0869. The van der Waals surface area contributed by atoms with Gasteiger partial charge in [-0.1, -0.05) is 13.8 Å². The van der Waals surface area contributed by atoms with Crippen LogP contribution in [0.1, 0.15) is 45.0 Å². The second-order valence-corrected chi connectivity index (χ2v) is 8.06. The van der Waals surface area contributed by atoms with E-state index in [2.05, 4.69) is 10.2 Å². The van der Waals surface area contributed by atoms with Gasteiger partial charge in [-0.2, -0.15) is 0 Å². The zero-order valence-corrected chi connectivity index (χ0v) is 16.5. The molecule has 0 amide bonds. The van der Waals surface area contributed by atoms with Gasteiger partial charge in [-0.15, -0.1) is 0 Å². The molecule has 0 aromatic heterocycles. The monoisotopic (exact) mass is 364 g/mol. The average molecular weight is 364 g/mol. The van der Waals surface area contributed by atoms with E-state index in [0.717, 1.165) is 26.2 Å². The molecule has 6 nitrogen and oxygen atoms in total. The lowest BCUT2D eigenvalue weighted by Crippen LogP contribution is -2.55. The van der Waals surface area contributed by atoms with E-state index in [1.165, 1.54) is 0 Å². The van der Waals surface area contributed by atoms with Gasteiger partial charge in [0.15, 0.2) is 6.23 Å². The highest BCUT2D eigenvalue weighted by atomic mass is 16.6. The van der Waals surface area contributed by atoms with E-state index in [1.807, 2.05) is 34.6 Å². The van der Waals surface area contributed by atoms with Gasteiger partial charge in [0.05, 0.1) is 5.56 Å². The molecule has 0 spiro atoms. The fourth-order valence-corrected chi connectivity index (χ4v) is 2.77. The Labute approximate surface area is 156 Å². The van der Waals surface area contributed by atoms with Gasteiger partial charge in [-0.3, -0.25) is 4.90 Å². The second kappa shape index (κ2) is 8.84. The minimum atomic E-state index is -0.598. The predicted octanol–water partition coefficient (Wildman–Crippen LogP) is 2.27. The number of piperazine rings is 1. The van der Waals surface area contributed by atoms with Crippen LogP contribution in [-0.2, 0) is 4.74 Å². The zero-order chi connectivity index (χ0) is 19.3. The number of carbonyl (C=O) groups is 1. The summed E-state index contributed by atoms with van der Waals surface area (Å²) >= 11 is 0. The topological polar surface area (TPSA) is 71.0 Å². The SMILES string of the molecule is CC(C)C(O)C(Oc1ccc(C(=O)OC(C)(C)C)cc1)N1CCNCC1. The molecule has 1 heterocycles. The van der Waals surface area contributed by atoms with E-state index in [0.29, 0.717) is 11.3 Å². The second-order valence-electron chi connectivity index (χ2n) is 8.06. The van der Waals surface area contributed by atoms with Crippen molar-refractivity contribution in [2.75, 3.05) is 26.2 Å². The van der Waals surface area contributed by atoms with Crippen LogP contribution in [-0.4, -0.2) is 60.1 Å². The van der Waals surface area contributed by atoms with Crippen molar-refractivity contribution >= 4 is 5.97 Å². The maximum absolute atomic E-state index is 12.1. The van der Waals surface area contributed by atoms with Gasteiger partial charge >= 0.3 is 5.97 Å². The van der Waals surface area contributed by atoms with E-state index in [9.17, 15) is 9.90 Å². The zero-order valence-electron chi connectivity index (χ0n) is 16.5. The van der Waals surface area contributed by atoms with E-state index in [1.54, 1.807) is 24.3 Å². The molecule has 1 aliphatic rings. The van der Waals surface area contributed by atoms with E-state index in [4.69, 9.17) is 9.47 Å². The van der Waals surface area contributed by atoms with Crippen LogP contribution < -0.4 is 10.1 Å². The van der Waals surface area contributed by atoms with Crippen LogP contribution in [0.15, 0.2) is 24.3 Å². The largest absolute Gasteiger partial charge is 0.472 e. The number of hydrogen-bond donors (Lipinski definition) is 2. The summed E-state index contributed by atoms with van der Waals surface area (Å²) in [4.78, 5) is 14.3. The Morgan fingerprint density at radius 2 is 1.73 bits per heavy atom. The Bertz CT molecular complexity index is 574. The fourth-order valence-electron chi connectivity index (χ4n) is 2.77.